The number of nitrogens with zero attached hydrogens (tertiary/aromatic N) is 3. The molecule has 126 valence electrons. The van der Waals surface area contributed by atoms with E-state index in [1.54, 1.807) is 23.5 Å². The Hall–Kier alpha value is -2.40. The molecule has 1 aliphatic carbocycles. The Morgan fingerprint density at radius 1 is 1.24 bits per heavy atom. The standard InChI is InChI=1S/C20H19N3OS/c1-2-22-11-14-3-4-15(12-22)23(14)13-5-7-17-19(9-13)25-20-10-16(24)6-8-18(20)21-17/h5-11,15H,2-4,12H2,1H3/t15-/m1/s1. The molecule has 0 aromatic heterocycles. The van der Waals surface area contributed by atoms with Crippen molar-refractivity contribution in [2.24, 2.45) is 0 Å². The first-order valence-electron chi connectivity index (χ1n) is 8.80. The monoisotopic (exact) mass is 349 g/mol. The molecule has 0 radical (unpaired) electrons. The number of likely N-dealkylation sites (N-methyl/N-ethyl adjacent to an activating group) is 1. The van der Waals surface area contributed by atoms with Gasteiger partial charge in [-0.15, -0.1) is 11.3 Å². The second-order valence-electron chi connectivity index (χ2n) is 6.77. The predicted octanol–water partition coefficient (Wildman–Crippen LogP) is 3.91. The van der Waals surface area contributed by atoms with Crippen molar-refractivity contribution in [1.29, 1.82) is 0 Å². The molecule has 3 aliphatic heterocycles. The summed E-state index contributed by atoms with van der Waals surface area (Å²) in [6.45, 7) is 4.38. The summed E-state index contributed by atoms with van der Waals surface area (Å²) in [6.07, 6.45) is 4.69. The average Bonchev–Trinajstić information content (AvgIpc) is 2.89. The first-order valence-corrected chi connectivity index (χ1v) is 9.61. The second kappa shape index (κ2) is 5.56. The Kier molecular flexibility index (Phi) is 3.31. The highest BCUT2D eigenvalue weighted by atomic mass is 32.1. The molecule has 25 heavy (non-hydrogen) atoms. The van der Waals surface area contributed by atoms with Crippen LogP contribution in [-0.2, 0) is 0 Å². The van der Waals surface area contributed by atoms with E-state index in [1.165, 1.54) is 17.8 Å². The number of benzene rings is 2. The van der Waals surface area contributed by atoms with Crippen LogP contribution in [0.1, 0.15) is 19.8 Å². The van der Waals surface area contributed by atoms with Gasteiger partial charge < -0.3 is 9.80 Å². The fourth-order valence-corrected chi connectivity index (χ4v) is 5.00. The molecule has 2 bridgehead atoms. The molecule has 0 N–H and O–H groups in total. The van der Waals surface area contributed by atoms with Crippen molar-refractivity contribution in [3.05, 3.63) is 58.5 Å². The Labute approximate surface area is 150 Å². The molecule has 1 saturated heterocycles. The molecule has 4 nitrogen and oxygen atoms in total. The van der Waals surface area contributed by atoms with Crippen molar-refractivity contribution < 1.29 is 0 Å². The molecule has 0 amide bonds. The molecular formula is C20H19N3OS. The molecule has 5 rings (SSSR count). The zero-order valence-electron chi connectivity index (χ0n) is 14.1. The summed E-state index contributed by atoms with van der Waals surface area (Å²) in [5.41, 5.74) is 4.59. The van der Waals surface area contributed by atoms with Crippen molar-refractivity contribution in [3.63, 3.8) is 0 Å². The van der Waals surface area contributed by atoms with Crippen LogP contribution in [0.2, 0.25) is 0 Å². The summed E-state index contributed by atoms with van der Waals surface area (Å²) in [5.74, 6) is 0. The van der Waals surface area contributed by atoms with E-state index in [4.69, 9.17) is 4.98 Å². The number of aromatic nitrogens is 1. The second-order valence-corrected chi connectivity index (χ2v) is 7.85. The highest BCUT2D eigenvalue weighted by Gasteiger charge is 2.34. The molecule has 0 saturated carbocycles. The molecule has 1 atom stereocenters. The third-order valence-electron chi connectivity index (χ3n) is 5.20. The fourth-order valence-electron chi connectivity index (χ4n) is 3.97. The smallest absolute Gasteiger partial charge is 0.180 e. The van der Waals surface area contributed by atoms with Gasteiger partial charge in [-0.05, 0) is 50.1 Å². The first-order chi connectivity index (χ1) is 12.2. The predicted molar refractivity (Wildman–Crippen MR) is 103 cm³/mol. The van der Waals surface area contributed by atoms with Gasteiger partial charge in [0.25, 0.3) is 0 Å². The third kappa shape index (κ3) is 2.42. The van der Waals surface area contributed by atoms with E-state index in [9.17, 15) is 4.79 Å². The lowest BCUT2D eigenvalue weighted by atomic mass is 10.2. The summed E-state index contributed by atoms with van der Waals surface area (Å²) in [7, 11) is 0. The lowest BCUT2D eigenvalue weighted by Gasteiger charge is -2.37. The van der Waals surface area contributed by atoms with Crippen LogP contribution >= 0.6 is 11.3 Å². The van der Waals surface area contributed by atoms with Crippen LogP contribution in [0.5, 0.6) is 0 Å². The van der Waals surface area contributed by atoms with Crippen molar-refractivity contribution in [3.8, 4) is 10.6 Å². The van der Waals surface area contributed by atoms with Crippen molar-refractivity contribution in [2.75, 3.05) is 18.0 Å². The lowest BCUT2D eigenvalue weighted by molar-refractivity contribution is 0.351. The van der Waals surface area contributed by atoms with Gasteiger partial charge in [-0.1, -0.05) is 0 Å². The molecule has 0 spiro atoms. The van der Waals surface area contributed by atoms with Gasteiger partial charge in [-0.25, -0.2) is 4.98 Å². The highest BCUT2D eigenvalue weighted by Crippen LogP contribution is 2.39. The largest absolute Gasteiger partial charge is 0.374 e. The van der Waals surface area contributed by atoms with Gasteiger partial charge >= 0.3 is 0 Å². The summed E-state index contributed by atoms with van der Waals surface area (Å²) < 4.78 is 1.13. The summed E-state index contributed by atoms with van der Waals surface area (Å²) in [5, 5.41) is 0. The van der Waals surface area contributed by atoms with Crippen LogP contribution in [0.3, 0.4) is 0 Å². The van der Waals surface area contributed by atoms with Gasteiger partial charge in [-0.2, -0.15) is 0 Å². The van der Waals surface area contributed by atoms with E-state index in [0.29, 0.717) is 6.04 Å². The Balaban J connectivity index is 1.62. The quantitative estimate of drug-likeness (QED) is 0.657. The van der Waals surface area contributed by atoms with Crippen molar-refractivity contribution in [1.82, 2.24) is 9.88 Å². The molecule has 4 aliphatic rings. The Morgan fingerprint density at radius 3 is 3.00 bits per heavy atom. The number of fused-ring (bicyclic) bond motifs is 4. The summed E-state index contributed by atoms with van der Waals surface area (Å²) in [4.78, 5) is 22.2. The maximum atomic E-state index is 11.6. The third-order valence-corrected chi connectivity index (χ3v) is 6.30. The highest BCUT2D eigenvalue weighted by molar-refractivity contribution is 7.21. The number of anilines is 1. The van der Waals surface area contributed by atoms with Crippen LogP contribution in [-0.4, -0.2) is 29.0 Å². The molecule has 1 aromatic carbocycles. The van der Waals surface area contributed by atoms with Crippen LogP contribution in [0.25, 0.3) is 20.8 Å². The normalized spacial score (nSPS) is 19.7. The van der Waals surface area contributed by atoms with E-state index < -0.39 is 0 Å². The van der Waals surface area contributed by atoms with Crippen LogP contribution in [0.15, 0.2) is 53.1 Å². The average molecular weight is 349 g/mol. The molecule has 0 unspecified atom stereocenters. The maximum absolute atomic E-state index is 11.6. The van der Waals surface area contributed by atoms with E-state index in [2.05, 4.69) is 41.1 Å². The number of hydrogen-bond donors (Lipinski definition) is 0. The topological polar surface area (TPSA) is 36.4 Å². The maximum Gasteiger partial charge on any atom is 0.180 e. The summed E-state index contributed by atoms with van der Waals surface area (Å²) in [6, 6.07) is 12.2. The minimum absolute atomic E-state index is 0.0416. The van der Waals surface area contributed by atoms with Gasteiger partial charge in [0.05, 0.1) is 26.8 Å². The van der Waals surface area contributed by atoms with E-state index in [1.807, 2.05) is 6.07 Å². The van der Waals surface area contributed by atoms with Gasteiger partial charge in [-0.3, -0.25) is 4.79 Å². The van der Waals surface area contributed by atoms with Crippen LogP contribution < -0.4 is 10.3 Å². The van der Waals surface area contributed by atoms with E-state index in [-0.39, 0.29) is 5.43 Å². The Morgan fingerprint density at radius 2 is 2.16 bits per heavy atom. The zero-order chi connectivity index (χ0) is 17.0. The van der Waals surface area contributed by atoms with Crippen LogP contribution in [0.4, 0.5) is 5.69 Å². The molecule has 3 heterocycles. The van der Waals surface area contributed by atoms with Crippen molar-refractivity contribution >= 4 is 27.2 Å². The minimum Gasteiger partial charge on any atom is -0.374 e. The minimum atomic E-state index is 0.0416. The Bertz CT molecular complexity index is 1020. The molecular weight excluding hydrogens is 330 g/mol. The zero-order valence-corrected chi connectivity index (χ0v) is 14.9. The van der Waals surface area contributed by atoms with E-state index in [0.717, 1.165) is 40.3 Å². The molecule has 1 aromatic rings. The summed E-state index contributed by atoms with van der Waals surface area (Å²) >= 11 is 1.65. The van der Waals surface area contributed by atoms with Gasteiger partial charge in [0.1, 0.15) is 0 Å². The first kappa shape index (κ1) is 14.9. The lowest BCUT2D eigenvalue weighted by Crippen LogP contribution is -2.42. The van der Waals surface area contributed by atoms with Crippen molar-refractivity contribution in [2.45, 2.75) is 25.8 Å². The molecule has 1 fully saturated rings. The van der Waals surface area contributed by atoms with Gasteiger partial charge in [0.2, 0.25) is 0 Å². The number of hydrogen-bond acceptors (Lipinski definition) is 5. The number of rotatable bonds is 2. The fraction of sp³-hybridized carbons (Fsp3) is 0.300. The number of allylic oxidation sites excluding steroid dienone is 1. The van der Waals surface area contributed by atoms with Crippen LogP contribution in [0, 0.1) is 0 Å². The molecule has 5 heteroatoms. The van der Waals surface area contributed by atoms with Gasteiger partial charge in [0.15, 0.2) is 5.43 Å². The van der Waals surface area contributed by atoms with Gasteiger partial charge in [0, 0.05) is 36.7 Å². The SMILES string of the molecule is CCN1C=C2CC[C@H](C1)N2c1ccc2nc3ccc(=O)cc-3sc2c1. The van der Waals surface area contributed by atoms with E-state index >= 15 is 0 Å².